The van der Waals surface area contributed by atoms with E-state index in [2.05, 4.69) is 4.98 Å². The Morgan fingerprint density at radius 3 is 2.64 bits per heavy atom. The van der Waals surface area contributed by atoms with E-state index >= 15 is 0 Å². The van der Waals surface area contributed by atoms with Crippen molar-refractivity contribution in [2.24, 2.45) is 5.92 Å². The molecule has 152 valence electrons. The maximum absolute atomic E-state index is 12.4. The molecule has 1 aromatic carbocycles. The Morgan fingerprint density at radius 1 is 1.21 bits per heavy atom. The normalized spacial score (nSPS) is 16.4. The molecule has 9 heteroatoms. The van der Waals surface area contributed by atoms with Crippen LogP contribution in [0.1, 0.15) is 19.3 Å². The number of likely N-dealkylation sites (tertiary alicyclic amines) is 1. The summed E-state index contributed by atoms with van der Waals surface area (Å²) in [6, 6.07) is 6.98. The van der Waals surface area contributed by atoms with Crippen molar-refractivity contribution in [2.45, 2.75) is 32.0 Å². The molecule has 3 rings (SSSR count). The van der Waals surface area contributed by atoms with Gasteiger partial charge in [-0.25, -0.2) is 4.98 Å². The standard InChI is InChI=1S/C19H22F3N3O3/c20-19(21,22)12-24-8-5-14(6-9-24)11-28-17(26)7-10-25-13-23-16-4-2-1-3-15(16)18(25)27/h1-4,13-14H,5-12H2. The van der Waals surface area contributed by atoms with Crippen molar-refractivity contribution in [3.63, 3.8) is 0 Å². The smallest absolute Gasteiger partial charge is 0.401 e. The second kappa shape index (κ2) is 8.72. The Morgan fingerprint density at radius 2 is 1.93 bits per heavy atom. The van der Waals surface area contributed by atoms with Crippen molar-refractivity contribution in [2.75, 3.05) is 26.2 Å². The van der Waals surface area contributed by atoms with Crippen molar-refractivity contribution in [1.29, 1.82) is 0 Å². The van der Waals surface area contributed by atoms with Gasteiger partial charge < -0.3 is 4.74 Å². The van der Waals surface area contributed by atoms with Crippen molar-refractivity contribution in [1.82, 2.24) is 14.5 Å². The van der Waals surface area contributed by atoms with Crippen LogP contribution in [0, 0.1) is 5.92 Å². The van der Waals surface area contributed by atoms with Crippen LogP contribution in [0.4, 0.5) is 13.2 Å². The van der Waals surface area contributed by atoms with Gasteiger partial charge in [-0.05, 0) is 44.0 Å². The Labute approximate surface area is 159 Å². The average molecular weight is 397 g/mol. The highest BCUT2D eigenvalue weighted by molar-refractivity contribution is 5.77. The van der Waals surface area contributed by atoms with Gasteiger partial charge in [0.1, 0.15) is 0 Å². The number of rotatable bonds is 6. The van der Waals surface area contributed by atoms with Crippen LogP contribution in [0.5, 0.6) is 0 Å². The fourth-order valence-electron chi connectivity index (χ4n) is 3.32. The SMILES string of the molecule is O=C(CCn1cnc2ccccc2c1=O)OCC1CCN(CC(F)(F)F)CC1. The molecular weight excluding hydrogens is 375 g/mol. The van der Waals surface area contributed by atoms with E-state index < -0.39 is 18.7 Å². The van der Waals surface area contributed by atoms with Crippen LogP contribution < -0.4 is 5.56 Å². The van der Waals surface area contributed by atoms with Crippen LogP contribution in [0.15, 0.2) is 35.4 Å². The third kappa shape index (κ3) is 5.54. The second-order valence-corrected chi connectivity index (χ2v) is 7.03. The van der Waals surface area contributed by atoms with Gasteiger partial charge in [-0.15, -0.1) is 0 Å². The topological polar surface area (TPSA) is 64.4 Å². The molecule has 2 heterocycles. The second-order valence-electron chi connectivity index (χ2n) is 7.03. The molecule has 0 spiro atoms. The van der Waals surface area contributed by atoms with Gasteiger partial charge in [0.25, 0.3) is 5.56 Å². The number of piperidine rings is 1. The van der Waals surface area contributed by atoms with Crippen molar-refractivity contribution in [3.8, 4) is 0 Å². The number of carbonyl (C=O) groups is 1. The number of nitrogens with zero attached hydrogens (tertiary/aromatic N) is 3. The van der Waals surface area contributed by atoms with Gasteiger partial charge in [-0.2, -0.15) is 13.2 Å². The minimum atomic E-state index is -4.19. The molecule has 0 atom stereocenters. The molecule has 1 aliphatic heterocycles. The summed E-state index contributed by atoms with van der Waals surface area (Å²) < 4.78 is 43.8. The summed E-state index contributed by atoms with van der Waals surface area (Å²) in [7, 11) is 0. The molecule has 2 aromatic rings. The van der Waals surface area contributed by atoms with Crippen molar-refractivity contribution < 1.29 is 22.7 Å². The monoisotopic (exact) mass is 397 g/mol. The predicted molar refractivity (Wildman–Crippen MR) is 96.8 cm³/mol. The number of hydrogen-bond donors (Lipinski definition) is 0. The first-order valence-electron chi connectivity index (χ1n) is 9.21. The summed E-state index contributed by atoms with van der Waals surface area (Å²) >= 11 is 0. The Bertz CT molecular complexity index is 874. The molecule has 0 bridgehead atoms. The van der Waals surface area contributed by atoms with Crippen LogP contribution >= 0.6 is 0 Å². The Balaban J connectivity index is 1.42. The number of carbonyl (C=O) groups excluding carboxylic acids is 1. The lowest BCUT2D eigenvalue weighted by Crippen LogP contribution is -2.41. The summed E-state index contributed by atoms with van der Waals surface area (Å²) in [5.41, 5.74) is 0.388. The van der Waals surface area contributed by atoms with Crippen molar-refractivity contribution >= 4 is 16.9 Å². The molecule has 0 N–H and O–H groups in total. The van der Waals surface area contributed by atoms with Crippen LogP contribution in [-0.2, 0) is 16.1 Å². The van der Waals surface area contributed by atoms with E-state index in [1.165, 1.54) is 15.8 Å². The van der Waals surface area contributed by atoms with Gasteiger partial charge in [0.05, 0.1) is 36.8 Å². The molecular formula is C19H22F3N3O3. The first-order valence-corrected chi connectivity index (χ1v) is 9.21. The minimum absolute atomic E-state index is 0.0346. The number of halogens is 3. The summed E-state index contributed by atoms with van der Waals surface area (Å²) in [6.07, 6.45) is -1.61. The van der Waals surface area contributed by atoms with E-state index in [0.717, 1.165) is 0 Å². The number of aromatic nitrogens is 2. The first kappa shape index (κ1) is 20.3. The summed E-state index contributed by atoms with van der Waals surface area (Å²) in [6.45, 7) is 0.164. The summed E-state index contributed by atoms with van der Waals surface area (Å²) in [4.78, 5) is 29.9. The van der Waals surface area contributed by atoms with Gasteiger partial charge in [0, 0.05) is 6.54 Å². The zero-order valence-corrected chi connectivity index (χ0v) is 15.3. The largest absolute Gasteiger partial charge is 0.465 e. The zero-order chi connectivity index (χ0) is 20.1. The number of para-hydroxylation sites is 1. The van der Waals surface area contributed by atoms with Gasteiger partial charge in [-0.1, -0.05) is 12.1 Å². The average Bonchev–Trinajstić information content (AvgIpc) is 2.66. The van der Waals surface area contributed by atoms with Crippen molar-refractivity contribution in [3.05, 3.63) is 40.9 Å². The molecule has 0 radical (unpaired) electrons. The number of hydrogen-bond acceptors (Lipinski definition) is 5. The van der Waals surface area contributed by atoms with E-state index in [4.69, 9.17) is 4.74 Å². The lowest BCUT2D eigenvalue weighted by molar-refractivity contribution is -0.151. The van der Waals surface area contributed by atoms with Gasteiger partial charge in [0.2, 0.25) is 0 Å². The molecule has 1 aliphatic rings. The molecule has 0 aliphatic carbocycles. The number of aryl methyl sites for hydroxylation is 1. The lowest BCUT2D eigenvalue weighted by Gasteiger charge is -2.31. The number of alkyl halides is 3. The predicted octanol–water partition coefficient (Wildman–Crippen LogP) is 2.60. The fourth-order valence-corrected chi connectivity index (χ4v) is 3.32. The molecule has 1 fully saturated rings. The van der Waals surface area contributed by atoms with E-state index in [-0.39, 0.29) is 31.0 Å². The van der Waals surface area contributed by atoms with Gasteiger partial charge in [-0.3, -0.25) is 19.1 Å². The Hall–Kier alpha value is -2.42. The molecule has 0 saturated carbocycles. The number of benzene rings is 1. The Kier molecular flexibility index (Phi) is 6.33. The maximum Gasteiger partial charge on any atom is 0.401 e. The molecule has 6 nitrogen and oxygen atoms in total. The molecule has 1 saturated heterocycles. The lowest BCUT2D eigenvalue weighted by atomic mass is 9.98. The van der Waals surface area contributed by atoms with E-state index in [0.29, 0.717) is 36.8 Å². The van der Waals surface area contributed by atoms with E-state index in [1.807, 2.05) is 0 Å². The third-order valence-electron chi connectivity index (χ3n) is 4.88. The molecule has 0 unspecified atom stereocenters. The maximum atomic E-state index is 12.4. The minimum Gasteiger partial charge on any atom is -0.465 e. The third-order valence-corrected chi connectivity index (χ3v) is 4.88. The fraction of sp³-hybridized carbons (Fsp3) is 0.526. The van der Waals surface area contributed by atoms with Gasteiger partial charge >= 0.3 is 12.1 Å². The highest BCUT2D eigenvalue weighted by atomic mass is 19.4. The van der Waals surface area contributed by atoms with Gasteiger partial charge in [0.15, 0.2) is 0 Å². The number of ether oxygens (including phenoxy) is 1. The highest BCUT2D eigenvalue weighted by Crippen LogP contribution is 2.22. The number of esters is 1. The van der Waals surface area contributed by atoms with Crippen LogP contribution in [0.3, 0.4) is 0 Å². The summed E-state index contributed by atoms with van der Waals surface area (Å²) in [5, 5.41) is 0.490. The zero-order valence-electron chi connectivity index (χ0n) is 15.3. The summed E-state index contributed by atoms with van der Waals surface area (Å²) in [5.74, 6) is -0.365. The van der Waals surface area contributed by atoms with Crippen LogP contribution in [-0.4, -0.2) is 52.8 Å². The molecule has 0 amide bonds. The highest BCUT2D eigenvalue weighted by Gasteiger charge is 2.32. The first-order chi connectivity index (χ1) is 13.3. The molecule has 1 aromatic heterocycles. The van der Waals surface area contributed by atoms with Crippen LogP contribution in [0.25, 0.3) is 10.9 Å². The number of fused-ring (bicyclic) bond motifs is 1. The van der Waals surface area contributed by atoms with E-state index in [9.17, 15) is 22.8 Å². The quantitative estimate of drug-likeness (QED) is 0.701. The van der Waals surface area contributed by atoms with E-state index in [1.54, 1.807) is 24.3 Å². The van der Waals surface area contributed by atoms with Crippen LogP contribution in [0.2, 0.25) is 0 Å². The molecule has 28 heavy (non-hydrogen) atoms.